The van der Waals surface area contributed by atoms with Crippen molar-refractivity contribution in [3.8, 4) is 0 Å². The number of rotatable bonds is 9. The van der Waals surface area contributed by atoms with Crippen LogP contribution in [-0.4, -0.2) is 30.0 Å². The van der Waals surface area contributed by atoms with Crippen molar-refractivity contribution in [3.05, 3.63) is 59.7 Å². The molecule has 0 spiro atoms. The van der Waals surface area contributed by atoms with E-state index in [1.165, 1.54) is 12.5 Å². The van der Waals surface area contributed by atoms with E-state index in [-0.39, 0.29) is 18.6 Å². The van der Waals surface area contributed by atoms with Crippen LogP contribution in [0, 0.1) is 0 Å². The van der Waals surface area contributed by atoms with Gasteiger partial charge in [-0.2, -0.15) is 0 Å². The molecule has 2 aromatic carbocycles. The van der Waals surface area contributed by atoms with E-state index >= 15 is 0 Å². The Morgan fingerprint density at radius 3 is 2.21 bits per heavy atom. The SMILES string of the molecule is CCc1ccc(NC(=O)[C@H](C)OC(=O)CCC(=O)c2ccc(SC)cc2)cc1. The Bertz CT molecular complexity index is 815. The highest BCUT2D eigenvalue weighted by atomic mass is 32.2. The van der Waals surface area contributed by atoms with Crippen molar-refractivity contribution in [2.75, 3.05) is 11.6 Å². The summed E-state index contributed by atoms with van der Waals surface area (Å²) in [6, 6.07) is 14.7. The zero-order valence-electron chi connectivity index (χ0n) is 16.4. The largest absolute Gasteiger partial charge is 0.453 e. The molecular formula is C22H25NO4S. The smallest absolute Gasteiger partial charge is 0.307 e. The van der Waals surface area contributed by atoms with Crippen LogP contribution in [0.5, 0.6) is 0 Å². The Morgan fingerprint density at radius 2 is 1.64 bits per heavy atom. The van der Waals surface area contributed by atoms with E-state index in [1.54, 1.807) is 23.9 Å². The first-order chi connectivity index (χ1) is 13.4. The summed E-state index contributed by atoms with van der Waals surface area (Å²) in [7, 11) is 0. The number of ketones is 1. The molecule has 0 heterocycles. The topological polar surface area (TPSA) is 72.5 Å². The lowest BCUT2D eigenvalue weighted by atomic mass is 10.1. The number of benzene rings is 2. The lowest BCUT2D eigenvalue weighted by Crippen LogP contribution is -2.30. The van der Waals surface area contributed by atoms with Crippen molar-refractivity contribution in [1.29, 1.82) is 0 Å². The Labute approximate surface area is 169 Å². The second-order valence-electron chi connectivity index (χ2n) is 6.32. The number of nitrogens with one attached hydrogen (secondary N) is 1. The van der Waals surface area contributed by atoms with Crippen molar-refractivity contribution in [2.45, 2.75) is 44.1 Å². The molecule has 0 fully saturated rings. The van der Waals surface area contributed by atoms with Gasteiger partial charge in [0.1, 0.15) is 0 Å². The van der Waals surface area contributed by atoms with Gasteiger partial charge in [0.2, 0.25) is 0 Å². The van der Waals surface area contributed by atoms with Crippen LogP contribution in [0.25, 0.3) is 0 Å². The lowest BCUT2D eigenvalue weighted by molar-refractivity contribution is -0.153. The predicted molar refractivity (Wildman–Crippen MR) is 112 cm³/mol. The highest BCUT2D eigenvalue weighted by Gasteiger charge is 2.19. The molecular weight excluding hydrogens is 374 g/mol. The van der Waals surface area contributed by atoms with Crippen LogP contribution in [0.2, 0.25) is 0 Å². The maximum Gasteiger partial charge on any atom is 0.307 e. The maximum atomic E-state index is 12.2. The average Bonchev–Trinajstić information content (AvgIpc) is 2.72. The number of Topliss-reactive ketones (excluding diaryl/α,β-unsaturated/α-hetero) is 1. The zero-order valence-corrected chi connectivity index (χ0v) is 17.2. The fourth-order valence-electron chi connectivity index (χ4n) is 2.51. The lowest BCUT2D eigenvalue weighted by Gasteiger charge is -2.13. The molecule has 0 unspecified atom stereocenters. The van der Waals surface area contributed by atoms with Gasteiger partial charge in [-0.05, 0) is 49.4 Å². The van der Waals surface area contributed by atoms with Gasteiger partial charge in [-0.15, -0.1) is 11.8 Å². The van der Waals surface area contributed by atoms with Crippen LogP contribution >= 0.6 is 11.8 Å². The van der Waals surface area contributed by atoms with Gasteiger partial charge in [-0.25, -0.2) is 0 Å². The van der Waals surface area contributed by atoms with Gasteiger partial charge >= 0.3 is 5.97 Å². The third-order valence-electron chi connectivity index (χ3n) is 4.28. The molecule has 0 saturated carbocycles. The highest BCUT2D eigenvalue weighted by Crippen LogP contribution is 2.16. The van der Waals surface area contributed by atoms with Crippen LogP contribution in [0.15, 0.2) is 53.4 Å². The van der Waals surface area contributed by atoms with E-state index in [9.17, 15) is 14.4 Å². The van der Waals surface area contributed by atoms with E-state index in [4.69, 9.17) is 4.74 Å². The molecule has 0 saturated heterocycles. The third-order valence-corrected chi connectivity index (χ3v) is 5.02. The minimum absolute atomic E-state index is 0.0459. The van der Waals surface area contributed by atoms with Crippen LogP contribution in [-0.2, 0) is 20.7 Å². The maximum absolute atomic E-state index is 12.2. The molecule has 0 bridgehead atoms. The Hall–Kier alpha value is -2.60. The number of amides is 1. The summed E-state index contributed by atoms with van der Waals surface area (Å²) in [5.41, 5.74) is 2.38. The van der Waals surface area contributed by atoms with Crippen LogP contribution in [0.1, 0.15) is 42.6 Å². The molecule has 2 aromatic rings. The van der Waals surface area contributed by atoms with E-state index in [2.05, 4.69) is 12.2 Å². The molecule has 0 aliphatic rings. The Kier molecular flexibility index (Phi) is 8.26. The molecule has 6 heteroatoms. The minimum Gasteiger partial charge on any atom is -0.453 e. The molecule has 1 amide bonds. The van der Waals surface area contributed by atoms with E-state index in [0.29, 0.717) is 11.3 Å². The standard InChI is InChI=1S/C22H25NO4S/c1-4-16-5-9-18(10-6-16)23-22(26)15(2)27-21(25)14-13-20(24)17-7-11-19(28-3)12-8-17/h5-12,15H,4,13-14H2,1-3H3,(H,23,26)/t15-/m0/s1. The van der Waals surface area contributed by atoms with Crippen molar-refractivity contribution in [2.24, 2.45) is 0 Å². The van der Waals surface area contributed by atoms with E-state index in [1.807, 2.05) is 42.7 Å². The fraction of sp³-hybridized carbons (Fsp3) is 0.318. The van der Waals surface area contributed by atoms with Crippen molar-refractivity contribution >= 4 is 35.1 Å². The number of aryl methyl sites for hydroxylation is 1. The van der Waals surface area contributed by atoms with Gasteiger partial charge < -0.3 is 10.1 Å². The van der Waals surface area contributed by atoms with Gasteiger partial charge in [0.05, 0.1) is 6.42 Å². The molecule has 2 rings (SSSR count). The first kappa shape index (κ1) is 21.7. The summed E-state index contributed by atoms with van der Waals surface area (Å²) < 4.78 is 5.15. The van der Waals surface area contributed by atoms with Gasteiger partial charge in [-0.3, -0.25) is 14.4 Å². The molecule has 28 heavy (non-hydrogen) atoms. The van der Waals surface area contributed by atoms with Crippen molar-refractivity contribution in [3.63, 3.8) is 0 Å². The first-order valence-electron chi connectivity index (χ1n) is 9.19. The number of anilines is 1. The first-order valence-corrected chi connectivity index (χ1v) is 10.4. The summed E-state index contributed by atoms with van der Waals surface area (Å²) in [5.74, 6) is -1.10. The van der Waals surface area contributed by atoms with E-state index in [0.717, 1.165) is 11.3 Å². The average molecular weight is 400 g/mol. The number of thioether (sulfide) groups is 1. The summed E-state index contributed by atoms with van der Waals surface area (Å²) in [6.45, 7) is 3.57. The minimum atomic E-state index is -0.936. The predicted octanol–water partition coefficient (Wildman–Crippen LogP) is 4.50. The molecule has 5 nitrogen and oxygen atoms in total. The van der Waals surface area contributed by atoms with Gasteiger partial charge in [-0.1, -0.05) is 31.2 Å². The van der Waals surface area contributed by atoms with Gasteiger partial charge in [0, 0.05) is 22.6 Å². The third kappa shape index (κ3) is 6.53. The molecule has 0 radical (unpaired) electrons. The summed E-state index contributed by atoms with van der Waals surface area (Å²) in [5, 5.41) is 2.71. The zero-order chi connectivity index (χ0) is 20.5. The summed E-state index contributed by atoms with van der Waals surface area (Å²) >= 11 is 1.60. The number of hydrogen-bond acceptors (Lipinski definition) is 5. The molecule has 0 aliphatic carbocycles. The normalized spacial score (nSPS) is 11.5. The second kappa shape index (κ2) is 10.7. The number of carbonyl (C=O) groups excluding carboxylic acids is 3. The summed E-state index contributed by atoms with van der Waals surface area (Å²) in [4.78, 5) is 37.4. The molecule has 148 valence electrons. The van der Waals surface area contributed by atoms with Gasteiger partial charge in [0.25, 0.3) is 5.91 Å². The highest BCUT2D eigenvalue weighted by molar-refractivity contribution is 7.98. The monoisotopic (exact) mass is 399 g/mol. The van der Waals surface area contributed by atoms with Crippen molar-refractivity contribution in [1.82, 2.24) is 0 Å². The molecule has 0 aromatic heterocycles. The fourth-order valence-corrected chi connectivity index (χ4v) is 2.92. The molecule has 1 N–H and O–H groups in total. The van der Waals surface area contributed by atoms with Crippen LogP contribution < -0.4 is 5.32 Å². The van der Waals surface area contributed by atoms with Crippen LogP contribution in [0.3, 0.4) is 0 Å². The molecule has 1 atom stereocenters. The van der Waals surface area contributed by atoms with Crippen LogP contribution in [0.4, 0.5) is 5.69 Å². The second-order valence-corrected chi connectivity index (χ2v) is 7.20. The quantitative estimate of drug-likeness (QED) is 0.382. The number of hydrogen-bond donors (Lipinski definition) is 1. The van der Waals surface area contributed by atoms with Crippen molar-refractivity contribution < 1.29 is 19.1 Å². The Balaban J connectivity index is 1.78. The number of carbonyl (C=O) groups is 3. The number of esters is 1. The Morgan fingerprint density at radius 1 is 1.00 bits per heavy atom. The molecule has 0 aliphatic heterocycles. The van der Waals surface area contributed by atoms with Gasteiger partial charge in [0.15, 0.2) is 11.9 Å². The summed E-state index contributed by atoms with van der Waals surface area (Å²) in [6.07, 6.45) is 1.93. The van der Waals surface area contributed by atoms with E-state index < -0.39 is 18.0 Å². The number of ether oxygens (including phenoxy) is 1.